The zero-order valence-corrected chi connectivity index (χ0v) is 12.8. The van der Waals surface area contributed by atoms with Gasteiger partial charge in [0.1, 0.15) is 12.4 Å². The van der Waals surface area contributed by atoms with Gasteiger partial charge in [0, 0.05) is 0 Å². The van der Waals surface area contributed by atoms with Crippen molar-refractivity contribution in [1.29, 1.82) is 0 Å². The lowest BCUT2D eigenvalue weighted by Gasteiger charge is -2.06. The summed E-state index contributed by atoms with van der Waals surface area (Å²) < 4.78 is 9.96. The van der Waals surface area contributed by atoms with E-state index in [1.54, 1.807) is 7.11 Å². The summed E-state index contributed by atoms with van der Waals surface area (Å²) >= 11 is 0. The fourth-order valence-electron chi connectivity index (χ4n) is 1.45. The van der Waals surface area contributed by atoms with Crippen molar-refractivity contribution in [3.8, 4) is 5.75 Å². The molecule has 2 aromatic carbocycles. The van der Waals surface area contributed by atoms with E-state index in [1.165, 1.54) is 0 Å². The number of esters is 1. The maximum atomic E-state index is 11.1. The van der Waals surface area contributed by atoms with Crippen molar-refractivity contribution >= 4 is 5.97 Å². The zero-order chi connectivity index (χ0) is 15.5. The first-order valence-electron chi connectivity index (χ1n) is 6.93. The normalized spacial score (nSPS) is 9.52. The summed E-state index contributed by atoms with van der Waals surface area (Å²) in [5.74, 6) is 0.708. The Kier molecular flexibility index (Phi) is 7.65. The van der Waals surface area contributed by atoms with Gasteiger partial charge in [-0.05, 0) is 17.7 Å². The van der Waals surface area contributed by atoms with Gasteiger partial charge in [-0.2, -0.15) is 0 Å². The molecular weight excluding hydrogens is 264 g/mol. The third-order valence-electron chi connectivity index (χ3n) is 2.67. The quantitative estimate of drug-likeness (QED) is 0.794. The average molecular weight is 286 g/mol. The molecule has 0 aromatic heterocycles. The second-order valence-corrected chi connectivity index (χ2v) is 4.77. The molecule has 0 bridgehead atoms. The van der Waals surface area contributed by atoms with E-state index in [1.807, 2.05) is 74.5 Å². The molecule has 0 radical (unpaired) electrons. The molecule has 0 aliphatic rings. The second-order valence-electron chi connectivity index (χ2n) is 4.77. The third kappa shape index (κ3) is 7.16. The van der Waals surface area contributed by atoms with Crippen molar-refractivity contribution in [1.82, 2.24) is 0 Å². The molecule has 0 N–H and O–H groups in total. The van der Waals surface area contributed by atoms with Gasteiger partial charge < -0.3 is 9.47 Å². The largest absolute Gasteiger partial charge is 0.497 e. The number of hydrogen-bond donors (Lipinski definition) is 0. The number of rotatable bonds is 4. The van der Waals surface area contributed by atoms with Crippen LogP contribution in [0.1, 0.15) is 19.4 Å². The van der Waals surface area contributed by atoms with E-state index >= 15 is 0 Å². The number of para-hydroxylation sites is 1. The molecule has 0 aliphatic heterocycles. The van der Waals surface area contributed by atoms with Gasteiger partial charge in [0.25, 0.3) is 0 Å². The van der Waals surface area contributed by atoms with Crippen LogP contribution >= 0.6 is 0 Å². The Morgan fingerprint density at radius 1 is 0.952 bits per heavy atom. The van der Waals surface area contributed by atoms with Crippen LogP contribution in [0.5, 0.6) is 5.75 Å². The lowest BCUT2D eigenvalue weighted by atomic mass is 10.2. The Bertz CT molecular complexity index is 507. The van der Waals surface area contributed by atoms with Gasteiger partial charge >= 0.3 is 5.97 Å². The van der Waals surface area contributed by atoms with Gasteiger partial charge in [-0.15, -0.1) is 0 Å². The lowest BCUT2D eigenvalue weighted by molar-refractivity contribution is -0.148. The van der Waals surface area contributed by atoms with E-state index in [2.05, 4.69) is 0 Å². The molecule has 0 saturated carbocycles. The van der Waals surface area contributed by atoms with Gasteiger partial charge in [-0.25, -0.2) is 0 Å². The highest BCUT2D eigenvalue weighted by Gasteiger charge is 2.07. The molecule has 0 amide bonds. The highest BCUT2D eigenvalue weighted by Crippen LogP contribution is 2.05. The number of hydrogen-bond acceptors (Lipinski definition) is 3. The first-order valence-corrected chi connectivity index (χ1v) is 6.93. The van der Waals surface area contributed by atoms with E-state index in [9.17, 15) is 4.79 Å². The van der Waals surface area contributed by atoms with Crippen molar-refractivity contribution in [2.45, 2.75) is 20.5 Å². The van der Waals surface area contributed by atoms with Crippen LogP contribution in [-0.2, 0) is 16.1 Å². The molecule has 0 fully saturated rings. The number of carbonyl (C=O) groups is 1. The van der Waals surface area contributed by atoms with Crippen molar-refractivity contribution in [2.24, 2.45) is 5.92 Å². The molecule has 2 rings (SSSR count). The molecule has 2 aromatic rings. The van der Waals surface area contributed by atoms with Crippen LogP contribution in [0.4, 0.5) is 0 Å². The third-order valence-corrected chi connectivity index (χ3v) is 2.67. The van der Waals surface area contributed by atoms with Crippen LogP contribution in [0.2, 0.25) is 0 Å². The zero-order valence-electron chi connectivity index (χ0n) is 12.8. The Hall–Kier alpha value is -2.29. The minimum atomic E-state index is -0.149. The molecule has 0 heterocycles. The number of benzene rings is 2. The Balaban J connectivity index is 0.000000235. The maximum Gasteiger partial charge on any atom is 0.308 e. The fourth-order valence-corrected chi connectivity index (χ4v) is 1.45. The topological polar surface area (TPSA) is 35.5 Å². The van der Waals surface area contributed by atoms with Crippen LogP contribution in [-0.4, -0.2) is 13.1 Å². The Morgan fingerprint density at radius 2 is 1.48 bits per heavy atom. The van der Waals surface area contributed by atoms with E-state index in [0.717, 1.165) is 11.3 Å². The molecule has 3 nitrogen and oxygen atoms in total. The second kappa shape index (κ2) is 9.59. The standard InChI is InChI=1S/C11H14O2.C7H8O/c1-9(2)11(12)13-8-10-6-4-3-5-7-10;1-8-7-5-3-2-4-6-7/h3-7,9H,8H2,1-2H3;2-6H,1H3. The molecule has 0 aliphatic carbocycles. The van der Waals surface area contributed by atoms with Crippen molar-refractivity contribution in [2.75, 3.05) is 7.11 Å². The van der Waals surface area contributed by atoms with Gasteiger partial charge in [0.2, 0.25) is 0 Å². The first-order chi connectivity index (χ1) is 10.1. The summed E-state index contributed by atoms with van der Waals surface area (Å²) in [5.41, 5.74) is 1.02. The van der Waals surface area contributed by atoms with E-state index < -0.39 is 0 Å². The summed E-state index contributed by atoms with van der Waals surface area (Å²) in [5, 5.41) is 0. The molecule has 112 valence electrons. The predicted octanol–water partition coefficient (Wildman–Crippen LogP) is 4.08. The van der Waals surface area contributed by atoms with Gasteiger partial charge in [0.05, 0.1) is 13.0 Å². The minimum Gasteiger partial charge on any atom is -0.497 e. The summed E-state index contributed by atoms with van der Waals surface area (Å²) in [7, 11) is 1.66. The predicted molar refractivity (Wildman–Crippen MR) is 84.1 cm³/mol. The van der Waals surface area contributed by atoms with Crippen LogP contribution in [0.15, 0.2) is 60.7 Å². The average Bonchev–Trinajstić information content (AvgIpc) is 2.55. The number of carbonyl (C=O) groups excluding carboxylic acids is 1. The highest BCUT2D eigenvalue weighted by molar-refractivity contribution is 5.71. The van der Waals surface area contributed by atoms with Crippen LogP contribution in [0, 0.1) is 5.92 Å². The highest BCUT2D eigenvalue weighted by atomic mass is 16.5. The van der Waals surface area contributed by atoms with Gasteiger partial charge in [0.15, 0.2) is 0 Å². The monoisotopic (exact) mass is 286 g/mol. The Morgan fingerprint density at radius 3 is 1.90 bits per heavy atom. The van der Waals surface area contributed by atoms with Crippen molar-refractivity contribution < 1.29 is 14.3 Å². The summed E-state index contributed by atoms with van der Waals surface area (Å²) in [6.45, 7) is 4.03. The van der Waals surface area contributed by atoms with E-state index in [4.69, 9.17) is 9.47 Å². The van der Waals surface area contributed by atoms with Crippen LogP contribution < -0.4 is 4.74 Å². The first kappa shape index (κ1) is 16.8. The van der Waals surface area contributed by atoms with Crippen molar-refractivity contribution in [3.05, 3.63) is 66.2 Å². The lowest BCUT2D eigenvalue weighted by Crippen LogP contribution is -2.11. The molecular formula is C18H22O3. The Labute approximate surface area is 126 Å². The van der Waals surface area contributed by atoms with Gasteiger partial charge in [-0.1, -0.05) is 62.4 Å². The molecule has 0 unspecified atom stereocenters. The van der Waals surface area contributed by atoms with Crippen LogP contribution in [0.3, 0.4) is 0 Å². The van der Waals surface area contributed by atoms with E-state index in [-0.39, 0.29) is 11.9 Å². The maximum absolute atomic E-state index is 11.1. The molecule has 3 heteroatoms. The van der Waals surface area contributed by atoms with Crippen LogP contribution in [0.25, 0.3) is 0 Å². The smallest absolute Gasteiger partial charge is 0.308 e. The summed E-state index contributed by atoms with van der Waals surface area (Å²) in [6, 6.07) is 19.4. The van der Waals surface area contributed by atoms with Crippen molar-refractivity contribution in [3.63, 3.8) is 0 Å². The molecule has 0 spiro atoms. The minimum absolute atomic E-state index is 0.0521. The molecule has 0 atom stereocenters. The molecule has 21 heavy (non-hydrogen) atoms. The van der Waals surface area contributed by atoms with E-state index in [0.29, 0.717) is 6.61 Å². The SMILES string of the molecule is CC(C)C(=O)OCc1ccccc1.COc1ccccc1. The van der Waals surface area contributed by atoms with Gasteiger partial charge in [-0.3, -0.25) is 4.79 Å². The number of methoxy groups -OCH3 is 1. The number of ether oxygens (including phenoxy) is 2. The summed E-state index contributed by atoms with van der Waals surface area (Å²) in [4.78, 5) is 11.1. The molecule has 0 saturated heterocycles. The summed E-state index contributed by atoms with van der Waals surface area (Å²) in [6.07, 6.45) is 0. The fraction of sp³-hybridized carbons (Fsp3) is 0.278.